The Hall–Kier alpha value is -1.59. The maximum Gasteiger partial charge on any atom is 0.253 e. The summed E-state index contributed by atoms with van der Waals surface area (Å²) in [7, 11) is 0. The van der Waals surface area contributed by atoms with Crippen LogP contribution in [0.25, 0.3) is 0 Å². The molecule has 1 amide bonds. The van der Waals surface area contributed by atoms with E-state index in [1.165, 1.54) is 6.42 Å². The number of benzene rings is 1. The Kier molecular flexibility index (Phi) is 6.32. The maximum absolute atomic E-state index is 12.8. The molecule has 0 unspecified atom stereocenters. The predicted octanol–water partition coefficient (Wildman–Crippen LogP) is 2.21. The van der Waals surface area contributed by atoms with Gasteiger partial charge in [-0.2, -0.15) is 0 Å². The van der Waals surface area contributed by atoms with Gasteiger partial charge in [-0.05, 0) is 63.0 Å². The Morgan fingerprint density at radius 3 is 2.44 bits per heavy atom. The number of rotatable bonds is 4. The van der Waals surface area contributed by atoms with Crippen LogP contribution < -0.4 is 4.90 Å². The lowest BCUT2D eigenvalue weighted by atomic mass is 10.1. The molecule has 2 fully saturated rings. The van der Waals surface area contributed by atoms with Gasteiger partial charge in [-0.1, -0.05) is 6.92 Å². The van der Waals surface area contributed by atoms with Crippen LogP contribution in [0.15, 0.2) is 24.3 Å². The maximum atomic E-state index is 12.8. The Labute approximate surface area is 151 Å². The number of carbonyl (C=O) groups is 1. The minimum atomic E-state index is -0.160. The first-order chi connectivity index (χ1) is 12.2. The molecule has 25 heavy (non-hydrogen) atoms. The lowest BCUT2D eigenvalue weighted by Gasteiger charge is -2.31. The van der Waals surface area contributed by atoms with Crippen LogP contribution in [0.5, 0.6) is 0 Å². The largest absolute Gasteiger partial charge is 0.393 e. The van der Waals surface area contributed by atoms with Crippen molar-refractivity contribution in [2.45, 2.75) is 38.7 Å². The molecule has 0 aromatic heterocycles. The predicted molar refractivity (Wildman–Crippen MR) is 101 cm³/mol. The fraction of sp³-hybridized carbons (Fsp3) is 0.650. The second-order valence-electron chi connectivity index (χ2n) is 7.25. The molecule has 0 spiro atoms. The van der Waals surface area contributed by atoms with Gasteiger partial charge in [0, 0.05) is 44.0 Å². The van der Waals surface area contributed by atoms with E-state index in [1.807, 2.05) is 29.2 Å². The van der Waals surface area contributed by atoms with Gasteiger partial charge in [0.15, 0.2) is 0 Å². The zero-order valence-corrected chi connectivity index (χ0v) is 15.4. The molecule has 0 radical (unpaired) electrons. The molecule has 1 aromatic rings. The van der Waals surface area contributed by atoms with Crippen molar-refractivity contribution in [2.75, 3.05) is 50.7 Å². The van der Waals surface area contributed by atoms with E-state index in [0.717, 1.165) is 76.3 Å². The second kappa shape index (κ2) is 8.68. The van der Waals surface area contributed by atoms with E-state index in [0.29, 0.717) is 0 Å². The quantitative estimate of drug-likeness (QED) is 0.909. The van der Waals surface area contributed by atoms with Crippen LogP contribution >= 0.6 is 0 Å². The van der Waals surface area contributed by atoms with Gasteiger partial charge in [-0.3, -0.25) is 4.79 Å². The van der Waals surface area contributed by atoms with E-state index in [2.05, 4.69) is 16.7 Å². The number of aliphatic hydroxyl groups is 1. The van der Waals surface area contributed by atoms with Gasteiger partial charge >= 0.3 is 0 Å². The van der Waals surface area contributed by atoms with Gasteiger partial charge in [0.05, 0.1) is 6.10 Å². The van der Waals surface area contributed by atoms with E-state index in [9.17, 15) is 9.90 Å². The minimum Gasteiger partial charge on any atom is -0.393 e. The van der Waals surface area contributed by atoms with E-state index in [1.54, 1.807) is 0 Å². The molecular weight excluding hydrogens is 314 g/mol. The molecule has 0 bridgehead atoms. The molecule has 2 saturated heterocycles. The second-order valence-corrected chi connectivity index (χ2v) is 7.25. The summed E-state index contributed by atoms with van der Waals surface area (Å²) in [6.07, 6.45) is 3.71. The highest BCUT2D eigenvalue weighted by Gasteiger charge is 2.21. The molecule has 1 aromatic carbocycles. The van der Waals surface area contributed by atoms with Crippen molar-refractivity contribution in [1.82, 2.24) is 9.80 Å². The van der Waals surface area contributed by atoms with Gasteiger partial charge < -0.3 is 19.8 Å². The summed E-state index contributed by atoms with van der Waals surface area (Å²) in [4.78, 5) is 19.6. The van der Waals surface area contributed by atoms with Gasteiger partial charge in [0.1, 0.15) is 0 Å². The first-order valence-electron chi connectivity index (χ1n) is 9.72. The van der Waals surface area contributed by atoms with Crippen LogP contribution in [0.4, 0.5) is 5.69 Å². The molecule has 0 saturated carbocycles. The van der Waals surface area contributed by atoms with Gasteiger partial charge in [0.25, 0.3) is 5.91 Å². The van der Waals surface area contributed by atoms with E-state index >= 15 is 0 Å². The lowest BCUT2D eigenvalue weighted by molar-refractivity contribution is 0.0761. The lowest BCUT2D eigenvalue weighted by Crippen LogP contribution is -2.36. The van der Waals surface area contributed by atoms with Crippen molar-refractivity contribution in [3.8, 4) is 0 Å². The van der Waals surface area contributed by atoms with E-state index < -0.39 is 0 Å². The number of aliphatic hydroxyl groups excluding tert-OH is 1. The third-order valence-electron chi connectivity index (χ3n) is 5.36. The highest BCUT2D eigenvalue weighted by atomic mass is 16.3. The molecule has 2 aliphatic heterocycles. The molecule has 5 heteroatoms. The molecule has 2 aliphatic rings. The van der Waals surface area contributed by atoms with Crippen LogP contribution in [0.2, 0.25) is 0 Å². The summed E-state index contributed by atoms with van der Waals surface area (Å²) in [6, 6.07) is 8.01. The summed E-state index contributed by atoms with van der Waals surface area (Å²) < 4.78 is 0. The highest BCUT2D eigenvalue weighted by molar-refractivity contribution is 5.94. The Morgan fingerprint density at radius 2 is 1.76 bits per heavy atom. The molecule has 0 atom stereocenters. The molecule has 138 valence electrons. The third-order valence-corrected chi connectivity index (χ3v) is 5.36. The van der Waals surface area contributed by atoms with E-state index in [-0.39, 0.29) is 12.0 Å². The molecule has 5 nitrogen and oxygen atoms in total. The summed E-state index contributed by atoms with van der Waals surface area (Å²) >= 11 is 0. The fourth-order valence-corrected chi connectivity index (χ4v) is 3.84. The number of piperidine rings is 1. The molecule has 1 N–H and O–H groups in total. The first-order valence-corrected chi connectivity index (χ1v) is 9.72. The zero-order valence-electron chi connectivity index (χ0n) is 15.4. The molecular formula is C20H31N3O2. The normalized spacial score (nSPS) is 20.6. The van der Waals surface area contributed by atoms with Crippen molar-refractivity contribution in [1.29, 1.82) is 0 Å². The third kappa shape index (κ3) is 4.73. The number of carbonyl (C=O) groups excluding carboxylic acids is 1. The van der Waals surface area contributed by atoms with E-state index in [4.69, 9.17) is 0 Å². The average Bonchev–Trinajstić information content (AvgIpc) is 2.88. The SMILES string of the molecule is CCCN1CCCN(C(=O)c2ccc(N3CCC(O)CC3)cc2)CC1. The summed E-state index contributed by atoms with van der Waals surface area (Å²) in [6.45, 7) is 8.85. The Morgan fingerprint density at radius 1 is 1.04 bits per heavy atom. The average molecular weight is 345 g/mol. The Bertz CT molecular complexity index is 553. The zero-order chi connectivity index (χ0) is 17.6. The first kappa shape index (κ1) is 18.2. The molecule has 2 heterocycles. The number of nitrogens with zero attached hydrogens (tertiary/aromatic N) is 3. The molecule has 0 aliphatic carbocycles. The summed E-state index contributed by atoms with van der Waals surface area (Å²) in [5.74, 6) is 0.152. The van der Waals surface area contributed by atoms with Gasteiger partial charge in [-0.25, -0.2) is 0 Å². The van der Waals surface area contributed by atoms with Crippen molar-refractivity contribution in [3.05, 3.63) is 29.8 Å². The van der Waals surface area contributed by atoms with Crippen molar-refractivity contribution in [3.63, 3.8) is 0 Å². The highest BCUT2D eigenvalue weighted by Crippen LogP contribution is 2.21. The number of hydrogen-bond acceptors (Lipinski definition) is 4. The van der Waals surface area contributed by atoms with Gasteiger partial charge in [0.2, 0.25) is 0 Å². The van der Waals surface area contributed by atoms with Crippen LogP contribution in [-0.2, 0) is 0 Å². The Balaban J connectivity index is 1.59. The topological polar surface area (TPSA) is 47.0 Å². The smallest absolute Gasteiger partial charge is 0.253 e. The summed E-state index contributed by atoms with van der Waals surface area (Å²) in [5, 5.41) is 9.63. The van der Waals surface area contributed by atoms with Gasteiger partial charge in [-0.15, -0.1) is 0 Å². The van der Waals surface area contributed by atoms with Crippen LogP contribution in [-0.4, -0.2) is 72.7 Å². The molecule has 3 rings (SSSR count). The van der Waals surface area contributed by atoms with Crippen molar-refractivity contribution < 1.29 is 9.90 Å². The number of amides is 1. The van der Waals surface area contributed by atoms with Crippen LogP contribution in [0, 0.1) is 0 Å². The van der Waals surface area contributed by atoms with Crippen molar-refractivity contribution in [2.24, 2.45) is 0 Å². The monoisotopic (exact) mass is 345 g/mol. The number of anilines is 1. The summed E-state index contributed by atoms with van der Waals surface area (Å²) in [5.41, 5.74) is 1.93. The standard InChI is InChI=1S/C20H31N3O2/c1-2-10-21-11-3-12-23(16-15-21)20(25)17-4-6-18(7-5-17)22-13-8-19(24)9-14-22/h4-7,19,24H,2-3,8-16H2,1H3. The van der Waals surface area contributed by atoms with Crippen LogP contribution in [0.1, 0.15) is 43.0 Å². The van der Waals surface area contributed by atoms with Crippen molar-refractivity contribution >= 4 is 11.6 Å². The fourth-order valence-electron chi connectivity index (χ4n) is 3.84. The van der Waals surface area contributed by atoms with Crippen LogP contribution in [0.3, 0.4) is 0 Å². The minimum absolute atomic E-state index is 0.152. The number of hydrogen-bond donors (Lipinski definition) is 1.